The molecule has 42 valence electrons. The Morgan fingerprint density at radius 1 is 1.86 bits per heavy atom. The first-order chi connectivity index (χ1) is 3.31. The molecule has 0 fully saturated rings. The highest BCUT2D eigenvalue weighted by atomic mass is 35.5. The van der Waals surface area contributed by atoms with Crippen molar-refractivity contribution in [1.82, 2.24) is 0 Å². The van der Waals surface area contributed by atoms with Crippen molar-refractivity contribution < 1.29 is 0 Å². The van der Waals surface area contributed by atoms with Crippen LogP contribution in [0.5, 0.6) is 0 Å². The summed E-state index contributed by atoms with van der Waals surface area (Å²) < 4.78 is 0. The average molecular weight is 120 g/mol. The number of halogens is 1. The minimum absolute atomic E-state index is 0.0648. The SMILES string of the molecule is C=N[C@@H](Cl)CCC. The maximum absolute atomic E-state index is 5.54. The molecule has 0 aliphatic carbocycles. The van der Waals surface area contributed by atoms with Crippen LogP contribution in [0, 0.1) is 0 Å². The molecule has 0 radical (unpaired) electrons. The second kappa shape index (κ2) is 4.13. The van der Waals surface area contributed by atoms with Gasteiger partial charge < -0.3 is 0 Å². The number of alkyl halides is 1. The molecule has 0 aromatic carbocycles. The van der Waals surface area contributed by atoms with Crippen LogP contribution in [-0.2, 0) is 0 Å². The Hall–Kier alpha value is -0.0400. The van der Waals surface area contributed by atoms with Crippen molar-refractivity contribution in [3.63, 3.8) is 0 Å². The monoisotopic (exact) mass is 119 g/mol. The molecule has 1 atom stereocenters. The average Bonchev–Trinajstić information content (AvgIpc) is 1.68. The molecule has 2 heteroatoms. The first-order valence-corrected chi connectivity index (χ1v) is 2.84. The maximum Gasteiger partial charge on any atom is 0.123 e. The Labute approximate surface area is 49.4 Å². The van der Waals surface area contributed by atoms with Gasteiger partial charge in [0.1, 0.15) is 5.50 Å². The first-order valence-electron chi connectivity index (χ1n) is 2.41. The lowest BCUT2D eigenvalue weighted by atomic mass is 10.3. The van der Waals surface area contributed by atoms with Crippen LogP contribution in [0.2, 0.25) is 0 Å². The number of hydrogen-bond donors (Lipinski definition) is 0. The molecule has 0 saturated carbocycles. The van der Waals surface area contributed by atoms with Gasteiger partial charge in [0, 0.05) is 0 Å². The largest absolute Gasteiger partial charge is 0.282 e. The molecule has 0 spiro atoms. The van der Waals surface area contributed by atoms with Gasteiger partial charge in [0.25, 0.3) is 0 Å². The van der Waals surface area contributed by atoms with E-state index in [-0.39, 0.29) is 5.50 Å². The summed E-state index contributed by atoms with van der Waals surface area (Å²) in [6.07, 6.45) is 2.01. The topological polar surface area (TPSA) is 12.4 Å². The van der Waals surface area contributed by atoms with E-state index in [1.165, 1.54) is 0 Å². The maximum atomic E-state index is 5.54. The zero-order chi connectivity index (χ0) is 5.70. The normalized spacial score (nSPS) is 13.4. The van der Waals surface area contributed by atoms with Gasteiger partial charge in [-0.15, -0.1) is 0 Å². The molecule has 0 saturated heterocycles. The van der Waals surface area contributed by atoms with E-state index in [1.807, 2.05) is 0 Å². The van der Waals surface area contributed by atoms with E-state index in [9.17, 15) is 0 Å². The quantitative estimate of drug-likeness (QED) is 0.306. The van der Waals surface area contributed by atoms with Crippen LogP contribution in [0.15, 0.2) is 4.99 Å². The van der Waals surface area contributed by atoms with Crippen molar-refractivity contribution >= 4 is 18.3 Å². The summed E-state index contributed by atoms with van der Waals surface area (Å²) in [5, 5.41) is 0. The molecule has 0 aromatic rings. The Balaban J connectivity index is 2.98. The van der Waals surface area contributed by atoms with Crippen molar-refractivity contribution in [3.8, 4) is 0 Å². The Bertz CT molecular complexity index is 54.0. The fraction of sp³-hybridized carbons (Fsp3) is 0.800. The summed E-state index contributed by atoms with van der Waals surface area (Å²) in [7, 11) is 0. The van der Waals surface area contributed by atoms with Crippen molar-refractivity contribution in [1.29, 1.82) is 0 Å². The number of nitrogens with zero attached hydrogens (tertiary/aromatic N) is 1. The lowest BCUT2D eigenvalue weighted by Crippen LogP contribution is -1.89. The molecule has 1 nitrogen and oxygen atoms in total. The number of hydrogen-bond acceptors (Lipinski definition) is 1. The van der Waals surface area contributed by atoms with Crippen LogP contribution >= 0.6 is 11.6 Å². The van der Waals surface area contributed by atoms with E-state index in [2.05, 4.69) is 18.6 Å². The third-order valence-corrected chi connectivity index (χ3v) is 1.08. The second-order valence-electron chi connectivity index (χ2n) is 1.41. The predicted molar refractivity (Wildman–Crippen MR) is 34.1 cm³/mol. The van der Waals surface area contributed by atoms with E-state index in [0.29, 0.717) is 0 Å². The van der Waals surface area contributed by atoms with Gasteiger partial charge in [0.05, 0.1) is 0 Å². The molecule has 0 bridgehead atoms. The fourth-order valence-corrected chi connectivity index (χ4v) is 0.548. The summed E-state index contributed by atoms with van der Waals surface area (Å²) in [6, 6.07) is 0. The summed E-state index contributed by atoms with van der Waals surface area (Å²) in [6.45, 7) is 5.37. The lowest BCUT2D eigenvalue weighted by Gasteiger charge is -1.95. The van der Waals surface area contributed by atoms with Crippen LogP contribution in [-0.4, -0.2) is 12.2 Å². The van der Waals surface area contributed by atoms with E-state index < -0.39 is 0 Å². The van der Waals surface area contributed by atoms with Gasteiger partial charge in [-0.2, -0.15) is 0 Å². The standard InChI is InChI=1S/C5H10ClN/c1-3-4-5(6)7-2/h5H,2-4H2,1H3/t5-/m1/s1. The fourth-order valence-electron chi connectivity index (χ4n) is 0.329. The first kappa shape index (κ1) is 6.96. The summed E-state index contributed by atoms with van der Waals surface area (Å²) in [5.41, 5.74) is -0.0648. The highest BCUT2D eigenvalue weighted by Crippen LogP contribution is 2.03. The second-order valence-corrected chi connectivity index (χ2v) is 1.91. The van der Waals surface area contributed by atoms with Crippen molar-refractivity contribution in [2.24, 2.45) is 4.99 Å². The van der Waals surface area contributed by atoms with Gasteiger partial charge >= 0.3 is 0 Å². The van der Waals surface area contributed by atoms with Gasteiger partial charge in [0.2, 0.25) is 0 Å². The summed E-state index contributed by atoms with van der Waals surface area (Å²) in [4.78, 5) is 3.59. The van der Waals surface area contributed by atoms with E-state index >= 15 is 0 Å². The molecule has 0 heterocycles. The van der Waals surface area contributed by atoms with Gasteiger partial charge in [-0.05, 0) is 13.1 Å². The van der Waals surface area contributed by atoms with Gasteiger partial charge in [-0.3, -0.25) is 4.99 Å². The van der Waals surface area contributed by atoms with E-state index in [1.54, 1.807) is 0 Å². The molecule has 0 rings (SSSR count). The lowest BCUT2D eigenvalue weighted by molar-refractivity contribution is 0.762. The molecular weight excluding hydrogens is 110 g/mol. The van der Waals surface area contributed by atoms with Gasteiger partial charge in [-0.1, -0.05) is 24.9 Å². The molecule has 0 unspecified atom stereocenters. The summed E-state index contributed by atoms with van der Waals surface area (Å²) in [5.74, 6) is 0. The smallest absolute Gasteiger partial charge is 0.123 e. The molecule has 0 aliphatic rings. The van der Waals surface area contributed by atoms with Crippen molar-refractivity contribution in [3.05, 3.63) is 0 Å². The number of rotatable bonds is 3. The summed E-state index contributed by atoms with van der Waals surface area (Å²) >= 11 is 5.54. The van der Waals surface area contributed by atoms with Crippen LogP contribution in [0.3, 0.4) is 0 Å². The Morgan fingerprint density at radius 2 is 2.43 bits per heavy atom. The highest BCUT2D eigenvalue weighted by molar-refractivity contribution is 6.20. The van der Waals surface area contributed by atoms with E-state index in [0.717, 1.165) is 12.8 Å². The van der Waals surface area contributed by atoms with Crippen LogP contribution in [0.1, 0.15) is 19.8 Å². The minimum Gasteiger partial charge on any atom is -0.282 e. The third-order valence-electron chi connectivity index (χ3n) is 0.725. The van der Waals surface area contributed by atoms with Crippen LogP contribution in [0.4, 0.5) is 0 Å². The predicted octanol–water partition coefficient (Wildman–Crippen LogP) is 2.05. The molecule has 0 aromatic heterocycles. The van der Waals surface area contributed by atoms with Crippen molar-refractivity contribution in [2.45, 2.75) is 25.3 Å². The third kappa shape index (κ3) is 3.80. The van der Waals surface area contributed by atoms with Gasteiger partial charge in [0.15, 0.2) is 0 Å². The molecule has 7 heavy (non-hydrogen) atoms. The van der Waals surface area contributed by atoms with Crippen LogP contribution < -0.4 is 0 Å². The van der Waals surface area contributed by atoms with Crippen molar-refractivity contribution in [2.75, 3.05) is 0 Å². The zero-order valence-electron chi connectivity index (χ0n) is 4.52. The number of aliphatic imine (C=N–C) groups is 1. The molecular formula is C5H10ClN. The molecule has 0 N–H and O–H groups in total. The highest BCUT2D eigenvalue weighted by Gasteiger charge is 1.93. The molecule has 0 aliphatic heterocycles. The Kier molecular flexibility index (Phi) is 4.10. The Morgan fingerprint density at radius 3 is 2.57 bits per heavy atom. The van der Waals surface area contributed by atoms with Crippen LogP contribution in [0.25, 0.3) is 0 Å². The zero-order valence-corrected chi connectivity index (χ0v) is 5.28. The minimum atomic E-state index is -0.0648. The van der Waals surface area contributed by atoms with Gasteiger partial charge in [-0.25, -0.2) is 0 Å². The van der Waals surface area contributed by atoms with E-state index in [4.69, 9.17) is 11.6 Å². The molecule has 0 amide bonds.